The fourth-order valence-electron chi connectivity index (χ4n) is 1.32. The fraction of sp³-hybridized carbons (Fsp3) is 0.636. The molecule has 2 N–H and O–H groups in total. The molecule has 0 aliphatic rings. The van der Waals surface area contributed by atoms with Crippen LogP contribution < -0.4 is 5.32 Å². The maximum atomic E-state index is 11.4. The zero-order valence-corrected chi connectivity index (χ0v) is 9.76. The van der Waals surface area contributed by atoms with E-state index in [0.29, 0.717) is 12.8 Å². The number of carbonyl (C=O) groups excluding carboxylic acids is 1. The molecule has 4 heteroatoms. The van der Waals surface area contributed by atoms with Gasteiger partial charge in [0.1, 0.15) is 5.54 Å². The molecular formula is C11H19NO3. The van der Waals surface area contributed by atoms with Gasteiger partial charge in [-0.1, -0.05) is 19.4 Å². The number of amides is 1. The van der Waals surface area contributed by atoms with E-state index in [4.69, 9.17) is 5.11 Å². The number of nitrogens with one attached hydrogen (secondary N) is 1. The molecule has 0 aliphatic carbocycles. The number of carboxylic acid groups (broad SMARTS) is 1. The van der Waals surface area contributed by atoms with Crippen molar-refractivity contribution in [2.24, 2.45) is 0 Å². The van der Waals surface area contributed by atoms with E-state index in [0.717, 1.165) is 5.57 Å². The second-order valence-corrected chi connectivity index (χ2v) is 3.81. The van der Waals surface area contributed by atoms with E-state index in [2.05, 4.69) is 5.32 Å². The van der Waals surface area contributed by atoms with Crippen molar-refractivity contribution in [3.8, 4) is 0 Å². The average molecular weight is 213 g/mol. The predicted molar refractivity (Wildman–Crippen MR) is 58.5 cm³/mol. The van der Waals surface area contributed by atoms with Crippen molar-refractivity contribution in [3.63, 3.8) is 0 Å². The summed E-state index contributed by atoms with van der Waals surface area (Å²) in [5, 5.41) is 11.6. The third-order valence-corrected chi connectivity index (χ3v) is 2.40. The average Bonchev–Trinajstić information content (AvgIpc) is 2.12. The molecule has 0 rings (SSSR count). The van der Waals surface area contributed by atoms with Crippen LogP contribution in [0.4, 0.5) is 0 Å². The summed E-state index contributed by atoms with van der Waals surface area (Å²) in [7, 11) is 0. The molecule has 1 amide bonds. The fourth-order valence-corrected chi connectivity index (χ4v) is 1.32. The summed E-state index contributed by atoms with van der Waals surface area (Å²) in [6, 6.07) is 0. The van der Waals surface area contributed by atoms with E-state index >= 15 is 0 Å². The van der Waals surface area contributed by atoms with E-state index in [-0.39, 0.29) is 5.91 Å². The number of carboxylic acids is 1. The molecule has 4 nitrogen and oxygen atoms in total. The Balaban J connectivity index is 4.77. The summed E-state index contributed by atoms with van der Waals surface area (Å²) >= 11 is 0. The minimum atomic E-state index is -1.14. The van der Waals surface area contributed by atoms with E-state index in [1.54, 1.807) is 27.7 Å². The highest BCUT2D eigenvalue weighted by Gasteiger charge is 2.35. The number of aliphatic carboxylic acids is 1. The van der Waals surface area contributed by atoms with Crippen LogP contribution in [0.25, 0.3) is 0 Å². The second kappa shape index (κ2) is 5.53. The van der Waals surface area contributed by atoms with Crippen LogP contribution in [0, 0.1) is 0 Å². The van der Waals surface area contributed by atoms with Crippen LogP contribution in [0.2, 0.25) is 0 Å². The molecule has 15 heavy (non-hydrogen) atoms. The summed E-state index contributed by atoms with van der Waals surface area (Å²) in [4.78, 5) is 22.5. The number of carbonyl (C=O) groups is 2. The Labute approximate surface area is 90.4 Å². The zero-order valence-electron chi connectivity index (χ0n) is 9.76. The number of hydrogen-bond donors (Lipinski definition) is 2. The number of allylic oxidation sites excluding steroid dienone is 1. The maximum absolute atomic E-state index is 11.4. The summed E-state index contributed by atoms with van der Waals surface area (Å²) < 4.78 is 0. The Kier molecular flexibility index (Phi) is 5.05. The molecule has 0 bridgehead atoms. The molecule has 0 aromatic carbocycles. The molecule has 0 fully saturated rings. The Morgan fingerprint density at radius 2 is 1.73 bits per heavy atom. The third-order valence-electron chi connectivity index (χ3n) is 2.40. The van der Waals surface area contributed by atoms with Gasteiger partial charge in [-0.05, 0) is 26.7 Å². The summed E-state index contributed by atoms with van der Waals surface area (Å²) in [6.45, 7) is 7.08. The first kappa shape index (κ1) is 13.7. The molecule has 0 atom stereocenters. The highest BCUT2D eigenvalue weighted by atomic mass is 16.4. The van der Waals surface area contributed by atoms with Gasteiger partial charge in [-0.2, -0.15) is 0 Å². The van der Waals surface area contributed by atoms with Crippen LogP contribution in [0.5, 0.6) is 0 Å². The lowest BCUT2D eigenvalue weighted by Gasteiger charge is -2.27. The van der Waals surface area contributed by atoms with Crippen molar-refractivity contribution in [2.75, 3.05) is 0 Å². The molecule has 0 unspecified atom stereocenters. The molecular weight excluding hydrogens is 194 g/mol. The zero-order chi connectivity index (χ0) is 12.1. The van der Waals surface area contributed by atoms with Gasteiger partial charge in [0.2, 0.25) is 5.91 Å². The first-order valence-electron chi connectivity index (χ1n) is 5.08. The van der Waals surface area contributed by atoms with E-state index in [1.807, 2.05) is 0 Å². The predicted octanol–water partition coefficient (Wildman–Crippen LogP) is 1.71. The quantitative estimate of drug-likeness (QED) is 0.683. The topological polar surface area (TPSA) is 66.4 Å². The van der Waals surface area contributed by atoms with Crippen molar-refractivity contribution in [1.82, 2.24) is 5.32 Å². The van der Waals surface area contributed by atoms with Crippen LogP contribution in [0.15, 0.2) is 11.6 Å². The standard InChI is InChI=1S/C11H19NO3/c1-5-11(6-2,10(14)15)12-9(13)7-8(3)4/h7H,5-6H2,1-4H3,(H,12,13)(H,14,15). The van der Waals surface area contributed by atoms with Crippen LogP contribution in [0.1, 0.15) is 40.5 Å². The van der Waals surface area contributed by atoms with Crippen molar-refractivity contribution in [3.05, 3.63) is 11.6 Å². The molecule has 0 radical (unpaired) electrons. The SMILES string of the molecule is CCC(CC)(NC(=O)C=C(C)C)C(=O)O. The van der Waals surface area contributed by atoms with Crippen molar-refractivity contribution in [1.29, 1.82) is 0 Å². The van der Waals surface area contributed by atoms with Gasteiger partial charge in [-0.25, -0.2) is 4.79 Å². The van der Waals surface area contributed by atoms with Gasteiger partial charge in [0.25, 0.3) is 0 Å². The minimum Gasteiger partial charge on any atom is -0.480 e. The summed E-state index contributed by atoms with van der Waals surface area (Å²) in [5.74, 6) is -1.33. The highest BCUT2D eigenvalue weighted by Crippen LogP contribution is 2.15. The van der Waals surface area contributed by atoms with Gasteiger partial charge in [0, 0.05) is 6.08 Å². The van der Waals surface area contributed by atoms with Crippen LogP contribution in [0.3, 0.4) is 0 Å². The lowest BCUT2D eigenvalue weighted by atomic mass is 9.93. The monoisotopic (exact) mass is 213 g/mol. The van der Waals surface area contributed by atoms with E-state index < -0.39 is 11.5 Å². The van der Waals surface area contributed by atoms with Gasteiger partial charge in [0.05, 0.1) is 0 Å². The second-order valence-electron chi connectivity index (χ2n) is 3.81. The molecule has 0 heterocycles. The van der Waals surface area contributed by atoms with Gasteiger partial charge in [0.15, 0.2) is 0 Å². The molecule has 0 aromatic heterocycles. The molecule has 0 saturated carbocycles. The van der Waals surface area contributed by atoms with Gasteiger partial charge < -0.3 is 10.4 Å². The summed E-state index contributed by atoms with van der Waals surface area (Å²) in [6.07, 6.45) is 2.16. The van der Waals surface area contributed by atoms with Crippen LogP contribution in [-0.2, 0) is 9.59 Å². The summed E-state index contributed by atoms with van der Waals surface area (Å²) in [5.41, 5.74) is -0.290. The Morgan fingerprint density at radius 1 is 1.27 bits per heavy atom. The van der Waals surface area contributed by atoms with Gasteiger partial charge >= 0.3 is 5.97 Å². The normalized spacial score (nSPS) is 10.7. The number of rotatable bonds is 5. The van der Waals surface area contributed by atoms with Crippen molar-refractivity contribution < 1.29 is 14.7 Å². The lowest BCUT2D eigenvalue weighted by molar-refractivity contribution is -0.147. The number of hydrogen-bond acceptors (Lipinski definition) is 2. The first-order valence-corrected chi connectivity index (χ1v) is 5.08. The third kappa shape index (κ3) is 3.73. The van der Waals surface area contributed by atoms with Gasteiger partial charge in [-0.15, -0.1) is 0 Å². The van der Waals surface area contributed by atoms with E-state index in [1.165, 1.54) is 6.08 Å². The Morgan fingerprint density at radius 3 is 2.00 bits per heavy atom. The maximum Gasteiger partial charge on any atom is 0.329 e. The van der Waals surface area contributed by atoms with E-state index in [9.17, 15) is 9.59 Å². The largest absolute Gasteiger partial charge is 0.480 e. The Hall–Kier alpha value is -1.32. The molecule has 0 spiro atoms. The molecule has 0 aliphatic heterocycles. The van der Waals surface area contributed by atoms with Crippen molar-refractivity contribution in [2.45, 2.75) is 46.1 Å². The molecule has 0 aromatic rings. The first-order chi connectivity index (χ1) is 6.88. The molecule has 0 saturated heterocycles. The Bertz CT molecular complexity index is 274. The van der Waals surface area contributed by atoms with Crippen LogP contribution >= 0.6 is 0 Å². The lowest BCUT2D eigenvalue weighted by Crippen LogP contribution is -2.53. The van der Waals surface area contributed by atoms with Gasteiger partial charge in [-0.3, -0.25) is 4.79 Å². The van der Waals surface area contributed by atoms with Crippen molar-refractivity contribution >= 4 is 11.9 Å². The highest BCUT2D eigenvalue weighted by molar-refractivity contribution is 5.93. The molecule has 86 valence electrons. The minimum absolute atomic E-state index is 0.346. The van der Waals surface area contributed by atoms with Crippen LogP contribution in [-0.4, -0.2) is 22.5 Å². The smallest absolute Gasteiger partial charge is 0.329 e.